The molecule has 5 N–H and O–H groups in total. The van der Waals surface area contributed by atoms with Crippen molar-refractivity contribution in [3.8, 4) is 0 Å². The van der Waals surface area contributed by atoms with Gasteiger partial charge >= 0.3 is 6.03 Å². The summed E-state index contributed by atoms with van der Waals surface area (Å²) < 4.78 is 0. The first kappa shape index (κ1) is 22.8. The van der Waals surface area contributed by atoms with Crippen molar-refractivity contribution in [2.24, 2.45) is 5.73 Å². The molecule has 0 spiro atoms. The van der Waals surface area contributed by atoms with Crippen molar-refractivity contribution in [2.45, 2.75) is 38.4 Å². The van der Waals surface area contributed by atoms with Gasteiger partial charge in [-0.3, -0.25) is 19.7 Å². The predicted molar refractivity (Wildman–Crippen MR) is 123 cm³/mol. The number of piperidine rings is 1. The van der Waals surface area contributed by atoms with Gasteiger partial charge < -0.3 is 21.3 Å². The number of benzene rings is 2. The van der Waals surface area contributed by atoms with Crippen molar-refractivity contribution >= 4 is 41.0 Å². The van der Waals surface area contributed by atoms with E-state index in [-0.39, 0.29) is 31.3 Å². The number of fused-ring (bicyclic) bond motifs is 1. The molecule has 1 unspecified atom stereocenters. The predicted octanol–water partition coefficient (Wildman–Crippen LogP) is 1.92. The summed E-state index contributed by atoms with van der Waals surface area (Å²) >= 11 is 6.05. The average molecular weight is 470 g/mol. The standard InChI is InChI=1S/C23H24ClN5O4/c24-16-3-2-14(7-8-25)18(10-16)27-23(33)26-11-13-1-4-17-15(9-13)12-29(22(17)32)19-5-6-20(30)28-21(19)31/h1-4,9-10,19H,5-8,11-12,25H2,(H2,26,27,33)(H,28,30,31). The minimum atomic E-state index is -0.657. The van der Waals surface area contributed by atoms with Gasteiger partial charge in [0.15, 0.2) is 0 Å². The fraction of sp³-hybridized carbons (Fsp3) is 0.304. The number of anilines is 1. The number of hydrogen-bond acceptors (Lipinski definition) is 5. The average Bonchev–Trinajstić information content (AvgIpc) is 3.10. The summed E-state index contributed by atoms with van der Waals surface area (Å²) in [5.41, 5.74) is 9.25. The SMILES string of the molecule is NCCc1ccc(Cl)cc1NC(=O)NCc1ccc2c(c1)CN(C1CCC(=O)NC1=O)C2=O. The molecule has 1 fully saturated rings. The molecule has 2 aromatic rings. The molecule has 172 valence electrons. The van der Waals surface area contributed by atoms with Gasteiger partial charge in [0, 0.05) is 35.8 Å². The van der Waals surface area contributed by atoms with Crippen LogP contribution in [0.2, 0.25) is 5.02 Å². The Balaban J connectivity index is 1.39. The Labute approximate surface area is 195 Å². The fourth-order valence-electron chi connectivity index (χ4n) is 4.13. The highest BCUT2D eigenvalue weighted by Gasteiger charge is 2.39. The molecule has 1 atom stereocenters. The summed E-state index contributed by atoms with van der Waals surface area (Å²) in [5, 5.41) is 8.40. The van der Waals surface area contributed by atoms with E-state index in [2.05, 4.69) is 16.0 Å². The lowest BCUT2D eigenvalue weighted by molar-refractivity contribution is -0.136. The molecular formula is C23H24ClN5O4. The summed E-state index contributed by atoms with van der Waals surface area (Å²) in [6, 6.07) is 9.53. The summed E-state index contributed by atoms with van der Waals surface area (Å²) in [7, 11) is 0. The van der Waals surface area contributed by atoms with Crippen LogP contribution in [0.1, 0.15) is 39.9 Å². The van der Waals surface area contributed by atoms with E-state index in [9.17, 15) is 19.2 Å². The molecule has 0 radical (unpaired) electrons. The Morgan fingerprint density at radius 2 is 2.00 bits per heavy atom. The number of nitrogens with two attached hydrogens (primary N) is 1. The number of imide groups is 1. The van der Waals surface area contributed by atoms with Crippen molar-refractivity contribution in [3.63, 3.8) is 0 Å². The molecule has 0 aromatic heterocycles. The quantitative estimate of drug-likeness (QED) is 0.479. The molecule has 10 heteroatoms. The molecule has 0 aliphatic carbocycles. The Morgan fingerprint density at radius 3 is 2.76 bits per heavy atom. The molecule has 2 aliphatic heterocycles. The van der Waals surface area contributed by atoms with E-state index in [4.69, 9.17) is 17.3 Å². The third kappa shape index (κ3) is 4.99. The Morgan fingerprint density at radius 1 is 1.18 bits per heavy atom. The minimum absolute atomic E-state index is 0.209. The van der Waals surface area contributed by atoms with E-state index in [1.165, 1.54) is 4.90 Å². The Kier molecular flexibility index (Phi) is 6.62. The number of urea groups is 1. The van der Waals surface area contributed by atoms with Crippen LogP contribution in [-0.4, -0.2) is 41.2 Å². The van der Waals surface area contributed by atoms with Crippen LogP contribution in [-0.2, 0) is 29.1 Å². The smallest absolute Gasteiger partial charge is 0.319 e. The lowest BCUT2D eigenvalue weighted by atomic mass is 10.0. The Hall–Kier alpha value is -3.43. The number of nitrogens with zero attached hydrogens (tertiary/aromatic N) is 1. The highest BCUT2D eigenvalue weighted by atomic mass is 35.5. The van der Waals surface area contributed by atoms with Crippen molar-refractivity contribution in [2.75, 3.05) is 11.9 Å². The van der Waals surface area contributed by atoms with Crippen LogP contribution in [0.5, 0.6) is 0 Å². The van der Waals surface area contributed by atoms with Gasteiger partial charge in [0.25, 0.3) is 5.91 Å². The molecule has 2 aliphatic rings. The number of amides is 5. The number of carbonyl (C=O) groups excluding carboxylic acids is 4. The summed E-state index contributed by atoms with van der Waals surface area (Å²) in [5.74, 6) is -0.994. The molecule has 5 amide bonds. The van der Waals surface area contributed by atoms with Crippen LogP contribution in [0.4, 0.5) is 10.5 Å². The summed E-state index contributed by atoms with van der Waals surface area (Å²) in [6.07, 6.45) is 1.13. The molecule has 0 bridgehead atoms. The van der Waals surface area contributed by atoms with E-state index in [1.807, 2.05) is 12.1 Å². The first-order valence-electron chi connectivity index (χ1n) is 10.7. The maximum absolute atomic E-state index is 12.8. The number of hydrogen-bond donors (Lipinski definition) is 4. The van der Waals surface area contributed by atoms with Gasteiger partial charge in [0.1, 0.15) is 6.04 Å². The van der Waals surface area contributed by atoms with Crippen LogP contribution in [0.3, 0.4) is 0 Å². The molecular weight excluding hydrogens is 446 g/mol. The number of carbonyl (C=O) groups is 4. The van der Waals surface area contributed by atoms with Gasteiger partial charge in [-0.05, 0) is 54.3 Å². The second-order valence-corrected chi connectivity index (χ2v) is 8.48. The van der Waals surface area contributed by atoms with E-state index in [1.54, 1.807) is 24.3 Å². The minimum Gasteiger partial charge on any atom is -0.334 e. The maximum Gasteiger partial charge on any atom is 0.319 e. The maximum atomic E-state index is 12.8. The Bertz CT molecular complexity index is 1140. The van der Waals surface area contributed by atoms with Crippen LogP contribution in [0, 0.1) is 0 Å². The van der Waals surface area contributed by atoms with E-state index in [0.717, 1.165) is 16.7 Å². The normalized spacial score (nSPS) is 17.6. The highest BCUT2D eigenvalue weighted by Crippen LogP contribution is 2.28. The second kappa shape index (κ2) is 9.60. The van der Waals surface area contributed by atoms with Crippen molar-refractivity contribution in [3.05, 3.63) is 63.7 Å². The zero-order valence-electron chi connectivity index (χ0n) is 17.8. The number of halogens is 1. The molecule has 1 saturated heterocycles. The van der Waals surface area contributed by atoms with Crippen molar-refractivity contribution in [1.29, 1.82) is 0 Å². The zero-order valence-corrected chi connectivity index (χ0v) is 18.6. The van der Waals surface area contributed by atoms with Crippen LogP contribution >= 0.6 is 11.6 Å². The third-order valence-electron chi connectivity index (χ3n) is 5.77. The molecule has 2 aromatic carbocycles. The first-order chi connectivity index (χ1) is 15.9. The fourth-order valence-corrected chi connectivity index (χ4v) is 4.30. The molecule has 0 saturated carbocycles. The van der Waals surface area contributed by atoms with Gasteiger partial charge in [0.2, 0.25) is 11.8 Å². The lowest BCUT2D eigenvalue weighted by Crippen LogP contribution is -2.52. The monoisotopic (exact) mass is 469 g/mol. The van der Waals surface area contributed by atoms with Gasteiger partial charge in [-0.15, -0.1) is 0 Å². The first-order valence-corrected chi connectivity index (χ1v) is 11.0. The van der Waals surface area contributed by atoms with Gasteiger partial charge in [-0.1, -0.05) is 29.8 Å². The highest BCUT2D eigenvalue weighted by molar-refractivity contribution is 6.31. The third-order valence-corrected chi connectivity index (χ3v) is 6.01. The molecule has 4 rings (SSSR count). The van der Waals surface area contributed by atoms with Gasteiger partial charge in [0.05, 0.1) is 0 Å². The zero-order chi connectivity index (χ0) is 23.5. The van der Waals surface area contributed by atoms with Crippen molar-refractivity contribution < 1.29 is 19.2 Å². The number of rotatable bonds is 6. The van der Waals surface area contributed by atoms with Crippen LogP contribution in [0.15, 0.2) is 36.4 Å². The van der Waals surface area contributed by atoms with Crippen LogP contribution in [0.25, 0.3) is 0 Å². The molecule has 9 nitrogen and oxygen atoms in total. The molecule has 2 heterocycles. The molecule has 33 heavy (non-hydrogen) atoms. The topological polar surface area (TPSA) is 134 Å². The number of nitrogens with one attached hydrogen (secondary N) is 3. The van der Waals surface area contributed by atoms with E-state index >= 15 is 0 Å². The summed E-state index contributed by atoms with van der Waals surface area (Å²) in [4.78, 5) is 50.3. The van der Waals surface area contributed by atoms with Gasteiger partial charge in [-0.25, -0.2) is 4.79 Å². The van der Waals surface area contributed by atoms with E-state index in [0.29, 0.717) is 35.7 Å². The van der Waals surface area contributed by atoms with Crippen LogP contribution < -0.4 is 21.7 Å². The van der Waals surface area contributed by atoms with Gasteiger partial charge in [-0.2, -0.15) is 0 Å². The lowest BCUT2D eigenvalue weighted by Gasteiger charge is -2.29. The van der Waals surface area contributed by atoms with E-state index < -0.39 is 18.0 Å². The second-order valence-electron chi connectivity index (χ2n) is 8.04. The van der Waals surface area contributed by atoms with Crippen molar-refractivity contribution in [1.82, 2.24) is 15.5 Å². The largest absolute Gasteiger partial charge is 0.334 e. The summed E-state index contributed by atoms with van der Waals surface area (Å²) in [6.45, 7) is 0.978.